The average Bonchev–Trinajstić information content (AvgIpc) is 2.53. The molecule has 0 heterocycles. The number of nitrogens with one attached hydrogen (secondary N) is 2. The molecule has 15 heavy (non-hydrogen) atoms. The van der Waals surface area contributed by atoms with Crippen LogP contribution in [0.3, 0.4) is 0 Å². The van der Waals surface area contributed by atoms with Crippen LogP contribution in [0.5, 0.6) is 0 Å². The molecule has 0 bridgehead atoms. The Morgan fingerprint density at radius 3 is 2.53 bits per heavy atom. The second kappa shape index (κ2) is 5.58. The molecule has 5 heteroatoms. The zero-order chi connectivity index (χ0) is 11.3. The molecule has 1 fully saturated rings. The lowest BCUT2D eigenvalue weighted by molar-refractivity contribution is -0.118. The van der Waals surface area contributed by atoms with Crippen LogP contribution < -0.4 is 16.4 Å². The lowest BCUT2D eigenvalue weighted by Gasteiger charge is -2.16. The molecular weight excluding hydrogens is 194 g/mol. The average molecular weight is 213 g/mol. The van der Waals surface area contributed by atoms with Crippen molar-refractivity contribution in [3.05, 3.63) is 0 Å². The van der Waals surface area contributed by atoms with Crippen molar-refractivity contribution in [1.82, 2.24) is 10.6 Å². The number of carbonyl (C=O) groups excluding carboxylic acids is 2. The van der Waals surface area contributed by atoms with Gasteiger partial charge >= 0.3 is 6.03 Å². The molecule has 0 aromatic heterocycles. The van der Waals surface area contributed by atoms with E-state index in [2.05, 4.69) is 10.6 Å². The van der Waals surface area contributed by atoms with Gasteiger partial charge in [-0.2, -0.15) is 0 Å². The predicted octanol–water partition coefficient (Wildman–Crippen LogP) is 0.492. The monoisotopic (exact) mass is 213 g/mol. The van der Waals surface area contributed by atoms with Crippen LogP contribution in [0.25, 0.3) is 0 Å². The normalized spacial score (nSPS) is 18.5. The highest BCUT2D eigenvalue weighted by Gasteiger charge is 2.18. The third kappa shape index (κ3) is 4.67. The molecule has 0 radical (unpaired) electrons. The number of hydrogen-bond donors (Lipinski definition) is 3. The highest BCUT2D eigenvalue weighted by Crippen LogP contribution is 2.17. The van der Waals surface area contributed by atoms with E-state index >= 15 is 0 Å². The zero-order valence-electron chi connectivity index (χ0n) is 9.08. The van der Waals surface area contributed by atoms with E-state index in [4.69, 9.17) is 5.73 Å². The summed E-state index contributed by atoms with van der Waals surface area (Å²) in [6.45, 7) is 1.76. The Morgan fingerprint density at radius 1 is 1.40 bits per heavy atom. The highest BCUT2D eigenvalue weighted by atomic mass is 16.2. The van der Waals surface area contributed by atoms with Crippen LogP contribution in [0.2, 0.25) is 0 Å². The summed E-state index contributed by atoms with van der Waals surface area (Å²) in [6, 6.07) is -0.106. The van der Waals surface area contributed by atoms with E-state index in [1.165, 1.54) is 12.8 Å². The van der Waals surface area contributed by atoms with Crippen LogP contribution >= 0.6 is 0 Å². The minimum absolute atomic E-state index is 0.179. The van der Waals surface area contributed by atoms with Gasteiger partial charge < -0.3 is 16.4 Å². The van der Waals surface area contributed by atoms with Crippen molar-refractivity contribution in [2.75, 3.05) is 0 Å². The molecule has 0 saturated heterocycles. The second-order valence-corrected chi connectivity index (χ2v) is 4.17. The largest absolute Gasteiger partial charge is 0.370 e. The first-order valence-electron chi connectivity index (χ1n) is 5.43. The van der Waals surface area contributed by atoms with Crippen molar-refractivity contribution in [3.63, 3.8) is 0 Å². The van der Waals surface area contributed by atoms with Gasteiger partial charge in [-0.3, -0.25) is 4.79 Å². The number of carbonyl (C=O) groups is 2. The Kier molecular flexibility index (Phi) is 4.39. The number of rotatable bonds is 4. The third-order valence-corrected chi connectivity index (χ3v) is 2.58. The maximum Gasteiger partial charge on any atom is 0.315 e. The van der Waals surface area contributed by atoms with Gasteiger partial charge in [0.25, 0.3) is 0 Å². The summed E-state index contributed by atoms with van der Waals surface area (Å²) < 4.78 is 0. The number of primary amides is 1. The number of amides is 3. The predicted molar refractivity (Wildman–Crippen MR) is 57.2 cm³/mol. The van der Waals surface area contributed by atoms with Gasteiger partial charge in [0.1, 0.15) is 0 Å². The summed E-state index contributed by atoms with van der Waals surface area (Å²) in [5.41, 5.74) is 5.02. The van der Waals surface area contributed by atoms with E-state index in [0.29, 0.717) is 6.04 Å². The molecule has 1 saturated carbocycles. The van der Waals surface area contributed by atoms with E-state index in [-0.39, 0.29) is 18.5 Å². The van der Waals surface area contributed by atoms with Crippen LogP contribution in [0, 0.1) is 0 Å². The third-order valence-electron chi connectivity index (χ3n) is 2.58. The lowest BCUT2D eigenvalue weighted by Crippen LogP contribution is -2.45. The van der Waals surface area contributed by atoms with E-state index in [0.717, 1.165) is 12.8 Å². The van der Waals surface area contributed by atoms with Gasteiger partial charge in [0.15, 0.2) is 0 Å². The van der Waals surface area contributed by atoms with Gasteiger partial charge in [0.2, 0.25) is 5.91 Å². The van der Waals surface area contributed by atoms with Gasteiger partial charge in [0.05, 0.1) is 0 Å². The first-order chi connectivity index (χ1) is 7.08. The molecule has 0 spiro atoms. The van der Waals surface area contributed by atoms with Crippen molar-refractivity contribution in [1.29, 1.82) is 0 Å². The number of urea groups is 1. The maximum atomic E-state index is 11.4. The molecule has 0 aromatic carbocycles. The molecule has 1 atom stereocenters. The Bertz CT molecular complexity index is 237. The summed E-state index contributed by atoms with van der Waals surface area (Å²) >= 11 is 0. The van der Waals surface area contributed by atoms with Crippen molar-refractivity contribution < 1.29 is 9.59 Å². The number of hydrogen-bond acceptors (Lipinski definition) is 2. The van der Waals surface area contributed by atoms with Crippen molar-refractivity contribution >= 4 is 11.9 Å². The molecule has 0 aromatic rings. The minimum Gasteiger partial charge on any atom is -0.370 e. The molecule has 1 aliphatic carbocycles. The molecular formula is C10H19N3O2. The molecule has 5 nitrogen and oxygen atoms in total. The van der Waals surface area contributed by atoms with Crippen LogP contribution in [0.15, 0.2) is 0 Å². The first-order valence-corrected chi connectivity index (χ1v) is 5.43. The maximum absolute atomic E-state index is 11.4. The van der Waals surface area contributed by atoms with Crippen LogP contribution in [0.1, 0.15) is 39.0 Å². The Morgan fingerprint density at radius 2 is 2.00 bits per heavy atom. The van der Waals surface area contributed by atoms with Crippen LogP contribution in [-0.2, 0) is 4.79 Å². The molecule has 86 valence electrons. The Hall–Kier alpha value is -1.26. The Balaban J connectivity index is 2.19. The van der Waals surface area contributed by atoms with Gasteiger partial charge in [-0.1, -0.05) is 12.8 Å². The van der Waals surface area contributed by atoms with Crippen LogP contribution in [0.4, 0.5) is 4.79 Å². The fourth-order valence-electron chi connectivity index (χ4n) is 1.87. The van der Waals surface area contributed by atoms with Gasteiger partial charge in [-0.15, -0.1) is 0 Å². The van der Waals surface area contributed by atoms with Gasteiger partial charge in [0, 0.05) is 18.5 Å². The Labute approximate surface area is 89.8 Å². The van der Waals surface area contributed by atoms with Crippen molar-refractivity contribution in [3.8, 4) is 0 Å². The lowest BCUT2D eigenvalue weighted by atomic mass is 10.2. The van der Waals surface area contributed by atoms with E-state index in [9.17, 15) is 9.59 Å². The molecule has 4 N–H and O–H groups in total. The molecule has 1 rings (SSSR count). The van der Waals surface area contributed by atoms with Gasteiger partial charge in [-0.25, -0.2) is 4.79 Å². The standard InChI is InChI=1S/C10H19N3O2/c1-7(6-9(11)14)12-10(15)13-8-4-2-3-5-8/h7-8H,2-6H2,1H3,(H2,11,14)(H2,12,13,15). The first kappa shape index (κ1) is 11.8. The minimum atomic E-state index is -0.399. The van der Waals surface area contributed by atoms with Gasteiger partial charge in [-0.05, 0) is 19.8 Å². The summed E-state index contributed by atoms with van der Waals surface area (Å²) in [5, 5.41) is 5.57. The fourth-order valence-corrected chi connectivity index (χ4v) is 1.87. The summed E-state index contributed by atoms with van der Waals surface area (Å²) in [5.74, 6) is -0.399. The molecule has 1 aliphatic rings. The molecule has 3 amide bonds. The summed E-state index contributed by atoms with van der Waals surface area (Å²) in [7, 11) is 0. The van der Waals surface area contributed by atoms with E-state index in [1.54, 1.807) is 6.92 Å². The van der Waals surface area contributed by atoms with E-state index in [1.807, 2.05) is 0 Å². The topological polar surface area (TPSA) is 84.2 Å². The summed E-state index contributed by atoms with van der Waals surface area (Å²) in [6.07, 6.45) is 4.65. The second-order valence-electron chi connectivity index (χ2n) is 4.17. The smallest absolute Gasteiger partial charge is 0.315 e. The molecule has 1 unspecified atom stereocenters. The fraction of sp³-hybridized carbons (Fsp3) is 0.800. The quantitative estimate of drug-likeness (QED) is 0.635. The van der Waals surface area contributed by atoms with E-state index < -0.39 is 5.91 Å². The highest BCUT2D eigenvalue weighted by molar-refractivity contribution is 5.77. The van der Waals surface area contributed by atoms with Crippen molar-refractivity contribution in [2.45, 2.75) is 51.1 Å². The number of nitrogens with two attached hydrogens (primary N) is 1. The zero-order valence-corrected chi connectivity index (χ0v) is 9.08. The summed E-state index contributed by atoms with van der Waals surface area (Å²) in [4.78, 5) is 22.0. The van der Waals surface area contributed by atoms with Crippen molar-refractivity contribution in [2.24, 2.45) is 5.73 Å². The SMILES string of the molecule is CC(CC(N)=O)NC(=O)NC1CCCC1. The molecule has 0 aliphatic heterocycles. The van der Waals surface area contributed by atoms with Crippen LogP contribution in [-0.4, -0.2) is 24.0 Å².